The number of carbonyl (C=O) groups is 1. The topological polar surface area (TPSA) is 78.1 Å². The van der Waals surface area contributed by atoms with Crippen LogP contribution in [0.4, 0.5) is 5.82 Å². The Balaban J connectivity index is 1.92. The number of benzene rings is 1. The standard InChI is InChI=1S/C26H30N4O2S2/c1-4-5-6-7-11-14-30-25(32)22(34-26(30)33)15-20-18(2)21(16-27)24(31)29(3)23(20)28-17-19-12-9-8-10-13-19/h8-10,12-13,15,28H,4-7,11,14,17H2,1-3H3/b22-15+. The molecule has 0 bridgehead atoms. The second-order valence-corrected chi connectivity index (χ2v) is 10.0. The van der Waals surface area contributed by atoms with Crippen LogP contribution < -0.4 is 10.9 Å². The number of rotatable bonds is 10. The van der Waals surface area contributed by atoms with Crippen LogP contribution in [0.2, 0.25) is 0 Å². The number of amides is 1. The molecule has 1 saturated heterocycles. The fraction of sp³-hybridized carbons (Fsp3) is 0.385. The Labute approximate surface area is 210 Å². The van der Waals surface area contributed by atoms with E-state index in [2.05, 4.69) is 12.2 Å². The molecule has 1 aromatic carbocycles. The molecule has 0 spiro atoms. The number of thiocarbonyl (C=S) groups is 1. The highest BCUT2D eigenvalue weighted by Gasteiger charge is 2.32. The second kappa shape index (κ2) is 12.0. The van der Waals surface area contributed by atoms with E-state index in [4.69, 9.17) is 12.2 Å². The van der Waals surface area contributed by atoms with Crippen molar-refractivity contribution in [3.05, 3.63) is 67.8 Å². The molecule has 1 aromatic heterocycles. The van der Waals surface area contributed by atoms with Crippen LogP contribution in [0.3, 0.4) is 0 Å². The van der Waals surface area contributed by atoms with Crippen molar-refractivity contribution in [2.24, 2.45) is 7.05 Å². The van der Waals surface area contributed by atoms with Crippen LogP contribution in [0.5, 0.6) is 0 Å². The molecule has 178 valence electrons. The molecule has 0 unspecified atom stereocenters. The molecule has 6 nitrogen and oxygen atoms in total. The summed E-state index contributed by atoms with van der Waals surface area (Å²) in [5.74, 6) is 0.446. The molecule has 2 aromatic rings. The summed E-state index contributed by atoms with van der Waals surface area (Å²) < 4.78 is 1.99. The van der Waals surface area contributed by atoms with Gasteiger partial charge in [0.2, 0.25) is 0 Å². The van der Waals surface area contributed by atoms with E-state index in [1.54, 1.807) is 24.9 Å². The number of unbranched alkanes of at least 4 members (excludes halogenated alkanes) is 4. The van der Waals surface area contributed by atoms with Gasteiger partial charge in [0.25, 0.3) is 11.5 Å². The maximum atomic E-state index is 13.1. The van der Waals surface area contributed by atoms with Crippen molar-refractivity contribution < 1.29 is 4.79 Å². The quantitative estimate of drug-likeness (QED) is 0.273. The van der Waals surface area contributed by atoms with Crippen molar-refractivity contribution in [1.29, 1.82) is 5.26 Å². The summed E-state index contributed by atoms with van der Waals surface area (Å²) in [7, 11) is 1.63. The zero-order valence-corrected chi connectivity index (χ0v) is 21.5. The Morgan fingerprint density at radius 1 is 1.15 bits per heavy atom. The van der Waals surface area contributed by atoms with Crippen LogP contribution in [0, 0.1) is 18.3 Å². The lowest BCUT2D eigenvalue weighted by molar-refractivity contribution is -0.122. The summed E-state index contributed by atoms with van der Waals surface area (Å²) in [5.41, 5.74) is 1.96. The van der Waals surface area contributed by atoms with Gasteiger partial charge in [-0.05, 0) is 30.5 Å². The molecule has 1 aliphatic rings. The molecular formula is C26H30N4O2S2. The molecular weight excluding hydrogens is 464 g/mol. The van der Waals surface area contributed by atoms with Gasteiger partial charge in [-0.3, -0.25) is 19.1 Å². The molecule has 0 atom stereocenters. The number of nitrogens with one attached hydrogen (secondary N) is 1. The predicted molar refractivity (Wildman–Crippen MR) is 144 cm³/mol. The third-order valence-corrected chi connectivity index (χ3v) is 7.31. The zero-order valence-electron chi connectivity index (χ0n) is 19.9. The fourth-order valence-electron chi connectivity index (χ4n) is 3.92. The summed E-state index contributed by atoms with van der Waals surface area (Å²) in [6.45, 7) is 5.03. The van der Waals surface area contributed by atoms with Crippen LogP contribution in [0.25, 0.3) is 6.08 Å². The van der Waals surface area contributed by atoms with E-state index >= 15 is 0 Å². The largest absolute Gasteiger partial charge is 0.367 e. The first kappa shape index (κ1) is 25.7. The number of nitrogens with zero attached hydrogens (tertiary/aromatic N) is 3. The average Bonchev–Trinajstić information content (AvgIpc) is 3.10. The van der Waals surface area contributed by atoms with Gasteiger partial charge in [-0.15, -0.1) is 0 Å². The monoisotopic (exact) mass is 494 g/mol. The van der Waals surface area contributed by atoms with E-state index in [0.29, 0.717) is 39.3 Å². The highest BCUT2D eigenvalue weighted by atomic mass is 32.2. The molecule has 0 saturated carbocycles. The number of aromatic nitrogens is 1. The average molecular weight is 495 g/mol. The molecule has 0 radical (unpaired) electrons. The van der Waals surface area contributed by atoms with Crippen molar-refractivity contribution in [3.8, 4) is 6.07 Å². The van der Waals surface area contributed by atoms with Gasteiger partial charge < -0.3 is 5.32 Å². The molecule has 34 heavy (non-hydrogen) atoms. The summed E-state index contributed by atoms with van der Waals surface area (Å²) in [4.78, 5) is 28.1. The Kier molecular flexibility index (Phi) is 9.08. The Morgan fingerprint density at radius 3 is 2.53 bits per heavy atom. The highest BCUT2D eigenvalue weighted by Crippen LogP contribution is 2.35. The molecule has 1 N–H and O–H groups in total. The van der Waals surface area contributed by atoms with E-state index in [1.165, 1.54) is 29.2 Å². The maximum absolute atomic E-state index is 13.1. The van der Waals surface area contributed by atoms with E-state index in [1.807, 2.05) is 36.4 Å². The smallest absolute Gasteiger partial charge is 0.270 e. The minimum atomic E-state index is -0.368. The first-order chi connectivity index (χ1) is 16.4. The maximum Gasteiger partial charge on any atom is 0.270 e. The SMILES string of the molecule is CCCCCCCN1C(=O)/C(=C\c2c(C)c(C#N)c(=O)n(C)c2NCc2ccccc2)SC1=S. The first-order valence-corrected chi connectivity index (χ1v) is 12.8. The number of anilines is 1. The van der Waals surface area contributed by atoms with Crippen LogP contribution in [0.15, 0.2) is 40.0 Å². The van der Waals surface area contributed by atoms with E-state index in [0.717, 1.165) is 24.8 Å². The lowest BCUT2D eigenvalue weighted by atomic mass is 10.0. The minimum absolute atomic E-state index is 0.0745. The number of pyridine rings is 1. The second-order valence-electron chi connectivity index (χ2n) is 8.32. The van der Waals surface area contributed by atoms with Crippen LogP contribution >= 0.6 is 24.0 Å². The van der Waals surface area contributed by atoms with Crippen molar-refractivity contribution in [3.63, 3.8) is 0 Å². The van der Waals surface area contributed by atoms with Gasteiger partial charge in [-0.2, -0.15) is 5.26 Å². The summed E-state index contributed by atoms with van der Waals surface area (Å²) >= 11 is 6.76. The molecule has 1 amide bonds. The molecule has 8 heteroatoms. The zero-order chi connectivity index (χ0) is 24.7. The Morgan fingerprint density at radius 2 is 1.85 bits per heavy atom. The van der Waals surface area contributed by atoms with E-state index in [9.17, 15) is 14.9 Å². The van der Waals surface area contributed by atoms with Crippen molar-refractivity contribution in [2.45, 2.75) is 52.5 Å². The summed E-state index contributed by atoms with van der Waals surface area (Å²) in [6.07, 6.45) is 7.29. The van der Waals surface area contributed by atoms with Crippen LogP contribution in [0.1, 0.15) is 61.3 Å². The molecule has 0 aliphatic carbocycles. The molecule has 3 rings (SSSR count). The van der Waals surface area contributed by atoms with Gasteiger partial charge in [0.1, 0.15) is 21.8 Å². The van der Waals surface area contributed by atoms with E-state index in [-0.39, 0.29) is 17.0 Å². The van der Waals surface area contributed by atoms with Gasteiger partial charge in [0, 0.05) is 25.7 Å². The van der Waals surface area contributed by atoms with Gasteiger partial charge in [-0.25, -0.2) is 0 Å². The first-order valence-electron chi connectivity index (χ1n) is 11.6. The predicted octanol–water partition coefficient (Wildman–Crippen LogP) is 5.35. The van der Waals surface area contributed by atoms with Gasteiger partial charge in [0.15, 0.2) is 0 Å². The number of thioether (sulfide) groups is 1. The fourth-order valence-corrected chi connectivity index (χ4v) is 5.21. The van der Waals surface area contributed by atoms with Gasteiger partial charge in [-0.1, -0.05) is 86.9 Å². The minimum Gasteiger partial charge on any atom is -0.367 e. The summed E-state index contributed by atoms with van der Waals surface area (Å²) in [6, 6.07) is 11.9. The van der Waals surface area contributed by atoms with E-state index < -0.39 is 0 Å². The third kappa shape index (κ3) is 5.78. The Bertz CT molecular complexity index is 1200. The third-order valence-electron chi connectivity index (χ3n) is 5.94. The van der Waals surface area contributed by atoms with Gasteiger partial charge in [0.05, 0.1) is 4.91 Å². The number of nitriles is 1. The lowest BCUT2D eigenvalue weighted by Crippen LogP contribution is -2.29. The van der Waals surface area contributed by atoms with Crippen LogP contribution in [-0.2, 0) is 18.4 Å². The normalized spacial score (nSPS) is 14.6. The van der Waals surface area contributed by atoms with Crippen molar-refractivity contribution >= 4 is 46.1 Å². The number of hydrogen-bond donors (Lipinski definition) is 1. The summed E-state index contributed by atoms with van der Waals surface area (Å²) in [5, 5.41) is 12.9. The number of hydrogen-bond acceptors (Lipinski definition) is 6. The van der Waals surface area contributed by atoms with Crippen molar-refractivity contribution in [1.82, 2.24) is 9.47 Å². The highest BCUT2D eigenvalue weighted by molar-refractivity contribution is 8.26. The molecule has 1 aliphatic heterocycles. The van der Waals surface area contributed by atoms with Crippen LogP contribution in [-0.4, -0.2) is 26.2 Å². The molecule has 2 heterocycles. The van der Waals surface area contributed by atoms with Crippen molar-refractivity contribution in [2.75, 3.05) is 11.9 Å². The van der Waals surface area contributed by atoms with Gasteiger partial charge >= 0.3 is 0 Å². The lowest BCUT2D eigenvalue weighted by Gasteiger charge is -2.18. The number of carbonyl (C=O) groups excluding carboxylic acids is 1. The molecule has 1 fully saturated rings. The Hall–Kier alpha value is -2.89.